The highest BCUT2D eigenvalue weighted by atomic mass is 19.1. The Bertz CT molecular complexity index is 3170. The molecule has 0 saturated carbocycles. The molecule has 5 fully saturated rings. The molecule has 5 saturated heterocycles. The minimum atomic E-state index is -1.07. The fourth-order valence-electron chi connectivity index (χ4n) is 11.7. The maximum Gasteiger partial charge on any atom is 0.407 e. The number of aryl methyl sites for hydroxylation is 1. The zero-order chi connectivity index (χ0) is 49.3. The predicted octanol–water partition coefficient (Wildman–Crippen LogP) is 5.05. The molecule has 364 valence electrons. The van der Waals surface area contributed by atoms with Crippen molar-refractivity contribution in [2.45, 2.75) is 87.5 Å². The lowest BCUT2D eigenvalue weighted by Crippen LogP contribution is -2.54. The van der Waals surface area contributed by atoms with Crippen molar-refractivity contribution < 1.29 is 47.3 Å². The van der Waals surface area contributed by atoms with Gasteiger partial charge in [0.1, 0.15) is 47.9 Å². The molecule has 8 heterocycles. The van der Waals surface area contributed by atoms with Crippen LogP contribution in [0.1, 0.15) is 83.2 Å². The Balaban J connectivity index is 0.772. The van der Waals surface area contributed by atoms with E-state index in [-0.39, 0.29) is 101 Å². The summed E-state index contributed by atoms with van der Waals surface area (Å²) in [7, 11) is 0. The van der Waals surface area contributed by atoms with Crippen molar-refractivity contribution in [1.29, 1.82) is 0 Å². The summed E-state index contributed by atoms with van der Waals surface area (Å²) in [5.74, 6) is -1.10. The second-order valence-electron chi connectivity index (χ2n) is 19.4. The van der Waals surface area contributed by atoms with E-state index in [2.05, 4.69) is 48.2 Å². The Hall–Kier alpha value is -7.56. The van der Waals surface area contributed by atoms with Crippen LogP contribution in [0, 0.1) is 24.0 Å². The van der Waals surface area contributed by atoms with Crippen molar-refractivity contribution in [3.05, 3.63) is 94.7 Å². The number of piperidine rings is 1. The lowest BCUT2D eigenvalue weighted by Gasteiger charge is -2.35. The van der Waals surface area contributed by atoms with E-state index in [1.54, 1.807) is 18.2 Å². The van der Waals surface area contributed by atoms with Gasteiger partial charge in [0.2, 0.25) is 11.8 Å². The number of halogens is 2. The topological polar surface area (TPSA) is 209 Å². The molecule has 3 unspecified atom stereocenters. The van der Waals surface area contributed by atoms with Gasteiger partial charge in [0, 0.05) is 67.9 Å². The smallest absolute Gasteiger partial charge is 0.407 e. The number of anilines is 1. The second-order valence-corrected chi connectivity index (χ2v) is 19.4. The first-order valence-corrected chi connectivity index (χ1v) is 23.9. The van der Waals surface area contributed by atoms with Crippen LogP contribution in [0.2, 0.25) is 0 Å². The number of aromatic nitrogens is 3. The van der Waals surface area contributed by atoms with Crippen LogP contribution in [0.25, 0.3) is 32.9 Å². The third-order valence-electron chi connectivity index (χ3n) is 14.9. The number of nitrogens with zero attached hydrogens (tertiary/aromatic N) is 6. The fourth-order valence-corrected chi connectivity index (χ4v) is 11.7. The minimum absolute atomic E-state index is 0.0242. The number of aromatic hydroxyl groups is 1. The molecule has 5 atom stereocenters. The maximum absolute atomic E-state index is 17.2. The van der Waals surface area contributed by atoms with Gasteiger partial charge in [0.15, 0.2) is 5.82 Å². The number of terminal acetylenes is 1. The number of rotatable bonds is 12. The van der Waals surface area contributed by atoms with E-state index in [0.29, 0.717) is 73.9 Å². The van der Waals surface area contributed by atoms with E-state index in [9.17, 15) is 29.1 Å². The molecule has 0 aliphatic carbocycles. The van der Waals surface area contributed by atoms with Gasteiger partial charge < -0.3 is 30.1 Å². The Kier molecular flexibility index (Phi) is 11.6. The first-order chi connectivity index (χ1) is 34.3. The van der Waals surface area contributed by atoms with Crippen LogP contribution in [0.3, 0.4) is 0 Å². The summed E-state index contributed by atoms with van der Waals surface area (Å²) in [6.07, 6.45) is 11.5. The fraction of sp³-hybridized carbons (Fsp3) is 0.385. The minimum Gasteiger partial charge on any atom is -0.508 e. The summed E-state index contributed by atoms with van der Waals surface area (Å²) in [5.41, 5.74) is 1.26. The van der Waals surface area contributed by atoms with E-state index >= 15 is 8.78 Å². The number of hydrogen-bond acceptors (Lipinski definition) is 14. The van der Waals surface area contributed by atoms with E-state index in [1.807, 2.05) is 0 Å². The van der Waals surface area contributed by atoms with Gasteiger partial charge in [0.05, 0.1) is 27.6 Å². The van der Waals surface area contributed by atoms with Crippen LogP contribution in [0.4, 0.5) is 19.4 Å². The Morgan fingerprint density at radius 2 is 1.85 bits per heavy atom. The predicted molar refractivity (Wildman–Crippen MR) is 254 cm³/mol. The molecule has 0 spiro atoms. The summed E-state index contributed by atoms with van der Waals surface area (Å²) >= 11 is 0. The Morgan fingerprint density at radius 1 is 1.03 bits per heavy atom. The van der Waals surface area contributed by atoms with E-state index < -0.39 is 52.9 Å². The van der Waals surface area contributed by atoms with Gasteiger partial charge in [-0.3, -0.25) is 39.3 Å². The van der Waals surface area contributed by atoms with Crippen LogP contribution in [0.5, 0.6) is 11.8 Å². The van der Waals surface area contributed by atoms with Gasteiger partial charge in [-0.15, -0.1) is 6.42 Å². The van der Waals surface area contributed by atoms with Crippen LogP contribution in [-0.4, -0.2) is 129 Å². The summed E-state index contributed by atoms with van der Waals surface area (Å²) in [5, 5.41) is 20.3. The zero-order valence-electron chi connectivity index (χ0n) is 38.6. The van der Waals surface area contributed by atoms with Crippen molar-refractivity contribution in [2.75, 3.05) is 44.3 Å². The summed E-state index contributed by atoms with van der Waals surface area (Å²) in [6.45, 7) is 6.56. The van der Waals surface area contributed by atoms with Gasteiger partial charge in [0.25, 0.3) is 11.8 Å². The molecule has 2 aromatic heterocycles. The molecule has 19 heteroatoms. The number of hydrogen-bond donors (Lipinski definition) is 4. The summed E-state index contributed by atoms with van der Waals surface area (Å²) < 4.78 is 44.5. The number of piperazine rings is 1. The number of phenols is 1. The number of benzene rings is 3. The van der Waals surface area contributed by atoms with Crippen LogP contribution in [0.15, 0.2) is 60.8 Å². The molecule has 5 aromatic rings. The molecular weight excluding hydrogens is 917 g/mol. The molecule has 5 amide bonds. The lowest BCUT2D eigenvalue weighted by atomic mass is 9.94. The number of carbonyl (C=O) groups is 5. The van der Waals surface area contributed by atoms with Gasteiger partial charge in [-0.25, -0.2) is 13.6 Å². The van der Waals surface area contributed by atoms with Crippen molar-refractivity contribution in [3.63, 3.8) is 0 Å². The Morgan fingerprint density at radius 3 is 2.63 bits per heavy atom. The van der Waals surface area contributed by atoms with Crippen LogP contribution in [-0.2, 0) is 20.7 Å². The number of alkyl carbamates (subject to hydrolysis) is 1. The van der Waals surface area contributed by atoms with E-state index in [0.717, 1.165) is 23.3 Å². The largest absolute Gasteiger partial charge is 0.508 e. The first kappa shape index (κ1) is 45.9. The molecule has 71 heavy (non-hydrogen) atoms. The van der Waals surface area contributed by atoms with Gasteiger partial charge in [-0.1, -0.05) is 36.3 Å². The third-order valence-corrected chi connectivity index (χ3v) is 14.9. The highest BCUT2D eigenvalue weighted by Gasteiger charge is 2.52. The van der Waals surface area contributed by atoms with Gasteiger partial charge in [-0.2, -0.15) is 9.97 Å². The number of phenolic OH excluding ortho intramolecular Hbond substituents is 1. The molecule has 0 radical (unpaired) electrons. The number of amides is 5. The van der Waals surface area contributed by atoms with E-state index in [4.69, 9.17) is 20.9 Å². The number of ether oxygens (including phenoxy) is 2. The van der Waals surface area contributed by atoms with E-state index in [1.165, 1.54) is 30.5 Å². The highest BCUT2D eigenvalue weighted by Crippen LogP contribution is 2.45. The molecular formula is C52H49F2N9O8. The number of pyridine rings is 1. The molecule has 2 bridgehead atoms. The SMILES string of the molecule is C#Cc1c(F)ccc2cc(O)cc(-c3ncc4c(N5CC6CCC(C5)N6)nc(OC[C@@]56CC[C@@H](COC(=O)NCCCc7cccc8c7C(=O)N(C7CCC(=O)NC7=O)C8=O)N5CC(=C)C6)nc4c3F)c12. The van der Waals surface area contributed by atoms with Crippen molar-refractivity contribution >= 4 is 57.2 Å². The van der Waals surface area contributed by atoms with Crippen molar-refractivity contribution in [3.8, 4) is 35.4 Å². The van der Waals surface area contributed by atoms with Gasteiger partial charge >= 0.3 is 12.1 Å². The quantitative estimate of drug-likeness (QED) is 0.0559. The van der Waals surface area contributed by atoms with Gasteiger partial charge in [-0.05, 0) is 86.6 Å². The molecule has 3 aromatic carbocycles. The summed E-state index contributed by atoms with van der Waals surface area (Å²) in [4.78, 5) is 83.4. The lowest BCUT2D eigenvalue weighted by molar-refractivity contribution is -0.136. The van der Waals surface area contributed by atoms with Crippen molar-refractivity contribution in [2.24, 2.45) is 0 Å². The summed E-state index contributed by atoms with van der Waals surface area (Å²) in [6, 6.07) is 9.55. The molecule has 6 aliphatic rings. The second kappa shape index (κ2) is 18.0. The standard InChI is InChI=1S/C52H49F2N9O8/c1-3-34-38(53)12-9-29-18-33(64)19-36(41(29)34)44-43(54)45-37(21-56-44)46(61-23-30-10-11-31(24-61)57-30)60-50(59-45)71-26-52-16-15-32(62(52)22-27(2)20-52)25-70-51(69)55-17-5-7-28-6-4-8-35-42(28)49(68)63(48(35)67)39-13-14-40(65)58-47(39)66/h1,4,6,8-9,12,18-19,21,30-32,39,57,64H,2,5,7,10-11,13-17,20,22-26H2,(H,55,69)(H,58,65,66)/t30?,31?,32-,39?,52-/m0/s1. The first-order valence-electron chi connectivity index (χ1n) is 23.9. The number of fused-ring (bicyclic) bond motifs is 6. The zero-order valence-corrected chi connectivity index (χ0v) is 38.6. The number of carbonyl (C=O) groups excluding carboxylic acids is 5. The average molecular weight is 966 g/mol. The third kappa shape index (κ3) is 8.14. The molecule has 6 aliphatic heterocycles. The normalized spacial score (nSPS) is 23.9. The number of imide groups is 2. The van der Waals surface area contributed by atoms with Crippen LogP contribution < -0.4 is 25.6 Å². The Labute approximate surface area is 406 Å². The highest BCUT2D eigenvalue weighted by molar-refractivity contribution is 6.24. The maximum atomic E-state index is 17.2. The monoisotopic (exact) mass is 965 g/mol. The number of nitrogens with one attached hydrogen (secondary N) is 3. The average Bonchev–Trinajstić information content (AvgIpc) is 4.06. The van der Waals surface area contributed by atoms with Crippen molar-refractivity contribution in [1.82, 2.24) is 40.7 Å². The molecule has 4 N–H and O–H groups in total. The molecule has 11 rings (SSSR count). The van der Waals surface area contributed by atoms with Crippen LogP contribution >= 0.6 is 0 Å². The molecule has 17 nitrogen and oxygen atoms in total.